The first-order valence-corrected chi connectivity index (χ1v) is 4.76. The Morgan fingerprint density at radius 1 is 1.38 bits per heavy atom. The topological polar surface area (TPSA) is 43.1 Å². The van der Waals surface area contributed by atoms with E-state index in [0.717, 1.165) is 12.1 Å². The first kappa shape index (κ1) is 16.5. The maximum absolute atomic E-state index is 12.5. The van der Waals surface area contributed by atoms with Crippen LogP contribution >= 0.6 is 0 Å². The van der Waals surface area contributed by atoms with Gasteiger partial charge in [-0.25, -0.2) is 4.39 Å². The number of nitro groups is 1. The van der Waals surface area contributed by atoms with E-state index in [2.05, 4.69) is 26.7 Å². The number of rotatable bonds is 1. The summed E-state index contributed by atoms with van der Waals surface area (Å²) >= 11 is 0. The standard InChI is InChI=1S/C7H6FNO2.C3H8.C2H2/c1-5-4-6(9(10)11)2-3-7(5)8;1-3-2;1-2/h2-4H,1H3;3H2,1-2H3;1-2H. The highest BCUT2D eigenvalue weighted by atomic mass is 19.1. The van der Waals surface area contributed by atoms with Gasteiger partial charge in [-0.15, -0.1) is 12.8 Å². The lowest BCUT2D eigenvalue weighted by Gasteiger charge is -1.94. The van der Waals surface area contributed by atoms with Crippen molar-refractivity contribution in [2.75, 3.05) is 0 Å². The van der Waals surface area contributed by atoms with Crippen LogP contribution in [-0.2, 0) is 0 Å². The van der Waals surface area contributed by atoms with E-state index in [0.29, 0.717) is 5.56 Å². The van der Waals surface area contributed by atoms with Crippen molar-refractivity contribution in [1.82, 2.24) is 0 Å². The van der Waals surface area contributed by atoms with Crippen molar-refractivity contribution in [2.45, 2.75) is 27.2 Å². The van der Waals surface area contributed by atoms with Crippen LogP contribution in [-0.4, -0.2) is 4.92 Å². The zero-order valence-corrected chi connectivity index (χ0v) is 9.74. The molecule has 16 heavy (non-hydrogen) atoms. The minimum absolute atomic E-state index is 0.0797. The molecule has 1 aromatic carbocycles. The molecule has 0 aliphatic heterocycles. The van der Waals surface area contributed by atoms with E-state index in [1.807, 2.05) is 0 Å². The van der Waals surface area contributed by atoms with Gasteiger partial charge in [0, 0.05) is 12.1 Å². The van der Waals surface area contributed by atoms with Crippen LogP contribution in [0.3, 0.4) is 0 Å². The lowest BCUT2D eigenvalue weighted by molar-refractivity contribution is -0.385. The third kappa shape index (κ3) is 6.55. The molecule has 0 radical (unpaired) electrons. The summed E-state index contributed by atoms with van der Waals surface area (Å²) in [6.07, 6.45) is 9.25. The molecule has 3 nitrogen and oxygen atoms in total. The summed E-state index contributed by atoms with van der Waals surface area (Å²) in [4.78, 5) is 9.60. The highest BCUT2D eigenvalue weighted by Crippen LogP contribution is 2.15. The molecule has 88 valence electrons. The molecule has 0 aliphatic carbocycles. The number of nitrogens with zero attached hydrogens (tertiary/aromatic N) is 1. The Morgan fingerprint density at radius 2 is 1.81 bits per heavy atom. The maximum atomic E-state index is 12.5. The van der Waals surface area contributed by atoms with Gasteiger partial charge in [0.2, 0.25) is 0 Å². The van der Waals surface area contributed by atoms with Gasteiger partial charge >= 0.3 is 0 Å². The number of benzene rings is 1. The molecule has 0 saturated carbocycles. The molecule has 0 saturated heterocycles. The van der Waals surface area contributed by atoms with E-state index >= 15 is 0 Å². The summed E-state index contributed by atoms with van der Waals surface area (Å²) in [5.74, 6) is -0.421. The summed E-state index contributed by atoms with van der Waals surface area (Å²) in [5.41, 5.74) is 0.211. The highest BCUT2D eigenvalue weighted by Gasteiger charge is 2.06. The zero-order chi connectivity index (χ0) is 13.1. The first-order valence-electron chi connectivity index (χ1n) is 4.76. The van der Waals surface area contributed by atoms with Gasteiger partial charge in [-0.1, -0.05) is 20.3 Å². The van der Waals surface area contributed by atoms with Crippen molar-refractivity contribution < 1.29 is 9.31 Å². The summed E-state index contributed by atoms with van der Waals surface area (Å²) < 4.78 is 12.5. The molecule has 0 aliphatic rings. The van der Waals surface area contributed by atoms with Crippen LogP contribution in [0, 0.1) is 35.7 Å². The number of halogens is 1. The number of nitro benzene ring substituents is 1. The monoisotopic (exact) mass is 225 g/mol. The summed E-state index contributed by atoms with van der Waals surface area (Å²) in [7, 11) is 0. The van der Waals surface area contributed by atoms with Crippen molar-refractivity contribution in [1.29, 1.82) is 0 Å². The first-order chi connectivity index (χ1) is 7.52. The van der Waals surface area contributed by atoms with Crippen LogP contribution in [0.4, 0.5) is 10.1 Å². The smallest absolute Gasteiger partial charge is 0.258 e. The van der Waals surface area contributed by atoms with Crippen molar-refractivity contribution in [3.63, 3.8) is 0 Å². The number of terminal acetylenes is 1. The maximum Gasteiger partial charge on any atom is 0.269 e. The summed E-state index contributed by atoms with van der Waals surface area (Å²) in [6.45, 7) is 5.74. The van der Waals surface area contributed by atoms with Gasteiger partial charge in [-0.05, 0) is 18.6 Å². The van der Waals surface area contributed by atoms with E-state index < -0.39 is 10.7 Å². The van der Waals surface area contributed by atoms with Crippen molar-refractivity contribution in [3.8, 4) is 12.8 Å². The van der Waals surface area contributed by atoms with Gasteiger partial charge in [-0.2, -0.15) is 0 Å². The second-order valence-corrected chi connectivity index (χ2v) is 2.90. The molecule has 0 amide bonds. The van der Waals surface area contributed by atoms with E-state index in [1.165, 1.54) is 19.4 Å². The molecule has 1 rings (SSSR count). The predicted octanol–water partition coefficient (Wildman–Crippen LogP) is 3.71. The van der Waals surface area contributed by atoms with Gasteiger partial charge in [0.15, 0.2) is 0 Å². The molecule has 4 heteroatoms. The average molecular weight is 225 g/mol. The van der Waals surface area contributed by atoms with Gasteiger partial charge in [-0.3, -0.25) is 10.1 Å². The van der Waals surface area contributed by atoms with Gasteiger partial charge < -0.3 is 0 Å². The molecule has 0 aromatic heterocycles. The van der Waals surface area contributed by atoms with Crippen LogP contribution in [0.1, 0.15) is 25.8 Å². The van der Waals surface area contributed by atoms with E-state index in [1.54, 1.807) is 0 Å². The lowest BCUT2D eigenvalue weighted by atomic mass is 10.2. The highest BCUT2D eigenvalue weighted by molar-refractivity contribution is 5.34. The summed E-state index contributed by atoms with van der Waals surface area (Å²) in [6, 6.07) is 3.44. The Kier molecular flexibility index (Phi) is 9.98. The summed E-state index contributed by atoms with van der Waals surface area (Å²) in [5, 5.41) is 10.1. The van der Waals surface area contributed by atoms with E-state index in [4.69, 9.17) is 0 Å². The van der Waals surface area contributed by atoms with Gasteiger partial charge in [0.25, 0.3) is 5.69 Å². The van der Waals surface area contributed by atoms with Crippen molar-refractivity contribution in [3.05, 3.63) is 39.7 Å². The zero-order valence-electron chi connectivity index (χ0n) is 9.74. The third-order valence-corrected chi connectivity index (χ3v) is 1.35. The number of hydrogen-bond acceptors (Lipinski definition) is 2. The molecule has 0 heterocycles. The van der Waals surface area contributed by atoms with Crippen molar-refractivity contribution in [2.24, 2.45) is 0 Å². The Morgan fingerprint density at radius 3 is 2.12 bits per heavy atom. The Bertz CT molecular complexity index is 348. The van der Waals surface area contributed by atoms with Crippen LogP contribution in [0.2, 0.25) is 0 Å². The van der Waals surface area contributed by atoms with E-state index in [-0.39, 0.29) is 5.69 Å². The van der Waals surface area contributed by atoms with Crippen LogP contribution in [0.25, 0.3) is 0 Å². The second kappa shape index (κ2) is 9.66. The number of hydrogen-bond donors (Lipinski definition) is 0. The quantitative estimate of drug-likeness (QED) is 0.415. The minimum Gasteiger partial charge on any atom is -0.258 e. The molecule has 0 unspecified atom stereocenters. The van der Waals surface area contributed by atoms with Crippen LogP contribution in [0.15, 0.2) is 18.2 Å². The van der Waals surface area contributed by atoms with Crippen molar-refractivity contribution >= 4 is 5.69 Å². The lowest BCUT2D eigenvalue weighted by Crippen LogP contribution is -1.89. The predicted molar refractivity (Wildman–Crippen MR) is 63.6 cm³/mol. The molecule has 0 spiro atoms. The Labute approximate surface area is 95.5 Å². The number of non-ortho nitro benzene ring substituents is 1. The third-order valence-electron chi connectivity index (χ3n) is 1.35. The molecule has 0 atom stereocenters. The Balaban J connectivity index is 0. The van der Waals surface area contributed by atoms with E-state index in [9.17, 15) is 14.5 Å². The molecule has 0 bridgehead atoms. The molecular formula is C12H16FNO2. The SMILES string of the molecule is C#C.CCC.Cc1cc([N+](=O)[O-])ccc1F. The normalized spacial score (nSPS) is 7.88. The number of aryl methyl sites for hydroxylation is 1. The molecule has 0 fully saturated rings. The Hall–Kier alpha value is -1.89. The average Bonchev–Trinajstić information content (AvgIpc) is 2.26. The fourth-order valence-corrected chi connectivity index (χ4v) is 0.742. The largest absolute Gasteiger partial charge is 0.269 e. The van der Waals surface area contributed by atoms with Gasteiger partial charge in [0.1, 0.15) is 5.82 Å². The molecule has 1 aromatic rings. The van der Waals surface area contributed by atoms with Crippen LogP contribution in [0.5, 0.6) is 0 Å². The molecule has 0 N–H and O–H groups in total. The minimum atomic E-state index is -0.549. The fourth-order valence-electron chi connectivity index (χ4n) is 0.742. The molecular weight excluding hydrogens is 209 g/mol. The van der Waals surface area contributed by atoms with Crippen LogP contribution < -0.4 is 0 Å². The fraction of sp³-hybridized carbons (Fsp3) is 0.333. The van der Waals surface area contributed by atoms with Gasteiger partial charge in [0.05, 0.1) is 4.92 Å². The second-order valence-electron chi connectivity index (χ2n) is 2.90.